The molecule has 31 heavy (non-hydrogen) atoms. The van der Waals surface area contributed by atoms with Gasteiger partial charge >= 0.3 is 0 Å². The summed E-state index contributed by atoms with van der Waals surface area (Å²) in [6.07, 6.45) is 0. The standard InChI is InChI=1S/C25H28N4O2/c1-18-8-9-23-21(14-18)22(15-19(2)27-23)25(31)29-12-10-28(11-13-29)17-24(30)26-16-20-6-4-3-5-7-20/h3-9,14-15H,10-13,16-17H2,1-2H3,(H,26,30). The van der Waals surface area contributed by atoms with Gasteiger partial charge in [0, 0.05) is 43.8 Å². The van der Waals surface area contributed by atoms with Crippen LogP contribution in [0.5, 0.6) is 0 Å². The average Bonchev–Trinajstić information content (AvgIpc) is 2.78. The summed E-state index contributed by atoms with van der Waals surface area (Å²) in [7, 11) is 0. The first-order chi connectivity index (χ1) is 15.0. The van der Waals surface area contributed by atoms with Crippen molar-refractivity contribution in [2.45, 2.75) is 20.4 Å². The summed E-state index contributed by atoms with van der Waals surface area (Å²) in [6, 6.07) is 17.8. The first-order valence-corrected chi connectivity index (χ1v) is 10.7. The molecule has 0 radical (unpaired) electrons. The highest BCUT2D eigenvalue weighted by Crippen LogP contribution is 2.22. The second kappa shape index (κ2) is 9.27. The Hall–Kier alpha value is -3.25. The maximum Gasteiger partial charge on any atom is 0.254 e. The van der Waals surface area contributed by atoms with Crippen molar-refractivity contribution < 1.29 is 9.59 Å². The van der Waals surface area contributed by atoms with E-state index in [1.807, 2.05) is 73.3 Å². The van der Waals surface area contributed by atoms with Crippen LogP contribution in [0.25, 0.3) is 10.9 Å². The molecule has 0 spiro atoms. The number of amides is 2. The minimum absolute atomic E-state index is 0.00913. The number of hydrogen-bond acceptors (Lipinski definition) is 4. The molecule has 0 unspecified atom stereocenters. The number of hydrogen-bond donors (Lipinski definition) is 1. The average molecular weight is 417 g/mol. The van der Waals surface area contributed by atoms with Crippen LogP contribution in [0.2, 0.25) is 0 Å². The van der Waals surface area contributed by atoms with Gasteiger partial charge in [-0.05, 0) is 37.6 Å². The van der Waals surface area contributed by atoms with Crippen LogP contribution in [-0.2, 0) is 11.3 Å². The molecule has 6 nitrogen and oxygen atoms in total. The lowest BCUT2D eigenvalue weighted by Gasteiger charge is -2.34. The highest BCUT2D eigenvalue weighted by molar-refractivity contribution is 6.06. The zero-order chi connectivity index (χ0) is 21.8. The van der Waals surface area contributed by atoms with E-state index in [9.17, 15) is 9.59 Å². The number of nitrogens with zero attached hydrogens (tertiary/aromatic N) is 3. The molecule has 1 aliphatic heterocycles. The van der Waals surface area contributed by atoms with Crippen LogP contribution in [-0.4, -0.2) is 59.3 Å². The second-order valence-corrected chi connectivity index (χ2v) is 8.16. The molecule has 1 aromatic heterocycles. The van der Waals surface area contributed by atoms with Gasteiger partial charge in [-0.3, -0.25) is 19.5 Å². The predicted molar refractivity (Wildman–Crippen MR) is 122 cm³/mol. The van der Waals surface area contributed by atoms with Gasteiger partial charge in [0.2, 0.25) is 5.91 Å². The van der Waals surface area contributed by atoms with E-state index >= 15 is 0 Å². The van der Waals surface area contributed by atoms with Gasteiger partial charge in [-0.25, -0.2) is 0 Å². The third-order valence-electron chi connectivity index (χ3n) is 5.68. The van der Waals surface area contributed by atoms with Crippen LogP contribution in [0.15, 0.2) is 54.6 Å². The lowest BCUT2D eigenvalue weighted by molar-refractivity contribution is -0.122. The summed E-state index contributed by atoms with van der Waals surface area (Å²) >= 11 is 0. The summed E-state index contributed by atoms with van der Waals surface area (Å²) < 4.78 is 0. The van der Waals surface area contributed by atoms with Crippen molar-refractivity contribution >= 4 is 22.7 Å². The molecule has 4 rings (SSSR count). The van der Waals surface area contributed by atoms with Gasteiger partial charge in [-0.15, -0.1) is 0 Å². The summed E-state index contributed by atoms with van der Waals surface area (Å²) in [5.74, 6) is 0.0455. The quantitative estimate of drug-likeness (QED) is 0.695. The monoisotopic (exact) mass is 416 g/mol. The Labute approximate surface area is 182 Å². The van der Waals surface area contributed by atoms with E-state index in [0.717, 1.165) is 27.7 Å². The second-order valence-electron chi connectivity index (χ2n) is 8.16. The Morgan fingerprint density at radius 1 is 0.968 bits per heavy atom. The summed E-state index contributed by atoms with van der Waals surface area (Å²) in [5.41, 5.74) is 4.59. The number of fused-ring (bicyclic) bond motifs is 1. The van der Waals surface area contributed by atoms with E-state index < -0.39 is 0 Å². The highest BCUT2D eigenvalue weighted by atomic mass is 16.2. The van der Waals surface area contributed by atoms with Gasteiger partial charge in [0.15, 0.2) is 0 Å². The van der Waals surface area contributed by atoms with E-state index in [1.165, 1.54) is 0 Å². The van der Waals surface area contributed by atoms with Crippen LogP contribution in [0.4, 0.5) is 0 Å². The molecule has 1 fully saturated rings. The van der Waals surface area contributed by atoms with Gasteiger partial charge in [0.05, 0.1) is 17.6 Å². The van der Waals surface area contributed by atoms with Gasteiger partial charge in [0.1, 0.15) is 0 Å². The first kappa shape index (κ1) is 21.0. The number of benzene rings is 2. The number of nitrogens with one attached hydrogen (secondary N) is 1. The zero-order valence-electron chi connectivity index (χ0n) is 18.1. The number of carbonyl (C=O) groups is 2. The van der Waals surface area contributed by atoms with E-state index in [-0.39, 0.29) is 11.8 Å². The lowest BCUT2D eigenvalue weighted by Crippen LogP contribution is -2.51. The number of pyridine rings is 1. The van der Waals surface area contributed by atoms with Crippen LogP contribution >= 0.6 is 0 Å². The largest absolute Gasteiger partial charge is 0.351 e. The van der Waals surface area contributed by atoms with Gasteiger partial charge in [-0.1, -0.05) is 42.0 Å². The summed E-state index contributed by atoms with van der Waals surface area (Å²) in [5, 5.41) is 3.87. The maximum absolute atomic E-state index is 13.3. The highest BCUT2D eigenvalue weighted by Gasteiger charge is 2.24. The van der Waals surface area contributed by atoms with Crippen molar-refractivity contribution in [3.63, 3.8) is 0 Å². The van der Waals surface area contributed by atoms with E-state index in [0.29, 0.717) is 44.8 Å². The Bertz CT molecular complexity index is 1090. The molecule has 1 aliphatic rings. The molecule has 0 saturated carbocycles. The number of aryl methyl sites for hydroxylation is 2. The topological polar surface area (TPSA) is 65.5 Å². The summed E-state index contributed by atoms with van der Waals surface area (Å²) in [6.45, 7) is 7.42. The molecule has 3 aromatic rings. The van der Waals surface area contributed by atoms with Crippen LogP contribution < -0.4 is 5.32 Å². The minimum Gasteiger partial charge on any atom is -0.351 e. The maximum atomic E-state index is 13.3. The molecule has 1 saturated heterocycles. The van der Waals surface area contributed by atoms with Crippen molar-refractivity contribution in [1.82, 2.24) is 20.1 Å². The molecule has 2 amide bonds. The molecule has 160 valence electrons. The molecule has 0 bridgehead atoms. The van der Waals surface area contributed by atoms with E-state index in [1.54, 1.807) is 0 Å². The first-order valence-electron chi connectivity index (χ1n) is 10.7. The fraction of sp³-hybridized carbons (Fsp3) is 0.320. The SMILES string of the molecule is Cc1ccc2nc(C)cc(C(=O)N3CCN(CC(=O)NCc4ccccc4)CC3)c2c1. The van der Waals surface area contributed by atoms with E-state index in [2.05, 4.69) is 15.2 Å². The Morgan fingerprint density at radius 2 is 1.71 bits per heavy atom. The van der Waals surface area contributed by atoms with Crippen molar-refractivity contribution in [3.8, 4) is 0 Å². The Morgan fingerprint density at radius 3 is 2.45 bits per heavy atom. The lowest BCUT2D eigenvalue weighted by atomic mass is 10.0. The Kier molecular flexibility index (Phi) is 6.28. The molecular weight excluding hydrogens is 388 g/mol. The van der Waals surface area contributed by atoms with Crippen molar-refractivity contribution in [2.24, 2.45) is 0 Å². The summed E-state index contributed by atoms with van der Waals surface area (Å²) in [4.78, 5) is 34.1. The molecule has 2 heterocycles. The molecular formula is C25H28N4O2. The predicted octanol–water partition coefficient (Wildman–Crippen LogP) is 2.93. The minimum atomic E-state index is 0.00913. The van der Waals surface area contributed by atoms with Gasteiger partial charge in [-0.2, -0.15) is 0 Å². The zero-order valence-corrected chi connectivity index (χ0v) is 18.1. The normalized spacial score (nSPS) is 14.6. The third-order valence-corrected chi connectivity index (χ3v) is 5.68. The number of piperazine rings is 1. The van der Waals surface area contributed by atoms with Crippen LogP contribution in [0.1, 0.15) is 27.2 Å². The third kappa shape index (κ3) is 5.09. The molecule has 2 aromatic carbocycles. The number of rotatable bonds is 5. The van der Waals surface area contributed by atoms with Gasteiger partial charge < -0.3 is 10.2 Å². The number of aromatic nitrogens is 1. The van der Waals surface area contributed by atoms with Gasteiger partial charge in [0.25, 0.3) is 5.91 Å². The van der Waals surface area contributed by atoms with Crippen LogP contribution in [0, 0.1) is 13.8 Å². The number of carbonyl (C=O) groups excluding carboxylic acids is 2. The molecule has 0 aliphatic carbocycles. The van der Waals surface area contributed by atoms with Crippen molar-refractivity contribution in [2.75, 3.05) is 32.7 Å². The smallest absolute Gasteiger partial charge is 0.254 e. The molecule has 1 N–H and O–H groups in total. The van der Waals surface area contributed by atoms with E-state index in [4.69, 9.17) is 0 Å². The van der Waals surface area contributed by atoms with Crippen molar-refractivity contribution in [1.29, 1.82) is 0 Å². The van der Waals surface area contributed by atoms with Crippen LogP contribution in [0.3, 0.4) is 0 Å². The fourth-order valence-corrected chi connectivity index (χ4v) is 3.98. The van der Waals surface area contributed by atoms with Crippen molar-refractivity contribution in [3.05, 3.63) is 77.0 Å². The molecule has 0 atom stereocenters. The molecule has 6 heteroatoms. The fourth-order valence-electron chi connectivity index (χ4n) is 3.98. The Balaban J connectivity index is 1.35.